The van der Waals surface area contributed by atoms with E-state index in [0.29, 0.717) is 4.90 Å². The molecule has 0 aromatic carbocycles. The van der Waals surface area contributed by atoms with Crippen LogP contribution in [0.1, 0.15) is 12.5 Å². The van der Waals surface area contributed by atoms with Crippen molar-refractivity contribution in [3.63, 3.8) is 0 Å². The van der Waals surface area contributed by atoms with Gasteiger partial charge in [0.15, 0.2) is 5.82 Å². The predicted octanol–water partition coefficient (Wildman–Crippen LogP) is 2.98. The van der Waals surface area contributed by atoms with Gasteiger partial charge in [-0.25, -0.2) is 9.88 Å². The third-order valence-corrected chi connectivity index (χ3v) is 4.24. The van der Waals surface area contributed by atoms with Gasteiger partial charge in [0.1, 0.15) is 5.38 Å². The minimum atomic E-state index is -4.63. The molecule has 0 N–H and O–H groups in total. The first kappa shape index (κ1) is 15.2. The lowest BCUT2D eigenvalue weighted by atomic mass is 10.1. The summed E-state index contributed by atoms with van der Waals surface area (Å²) in [5.74, 6) is -2.67. The van der Waals surface area contributed by atoms with E-state index in [1.165, 1.54) is 6.92 Å². The minimum absolute atomic E-state index is 0.398. The summed E-state index contributed by atoms with van der Waals surface area (Å²) < 4.78 is 37.9. The van der Waals surface area contributed by atoms with Gasteiger partial charge in [0.05, 0.1) is 16.0 Å². The molecule has 0 aliphatic carbocycles. The summed E-state index contributed by atoms with van der Waals surface area (Å²) in [4.78, 5) is 28.1. The molecule has 1 aliphatic rings. The molecular formula is C11H7BrClF3N2O2. The van der Waals surface area contributed by atoms with Crippen molar-refractivity contribution in [3.8, 4) is 0 Å². The van der Waals surface area contributed by atoms with Gasteiger partial charge in [0.25, 0.3) is 5.91 Å². The molecular weight excluding hydrogens is 364 g/mol. The van der Waals surface area contributed by atoms with Gasteiger partial charge in [-0.3, -0.25) is 9.59 Å². The number of aromatic nitrogens is 1. The van der Waals surface area contributed by atoms with Gasteiger partial charge in [-0.2, -0.15) is 13.2 Å². The summed E-state index contributed by atoms with van der Waals surface area (Å²) in [6, 6.07) is 0.750. The maximum atomic E-state index is 12.8. The van der Waals surface area contributed by atoms with Gasteiger partial charge in [0, 0.05) is 6.20 Å². The van der Waals surface area contributed by atoms with E-state index in [4.69, 9.17) is 11.6 Å². The number of imide groups is 1. The van der Waals surface area contributed by atoms with Gasteiger partial charge in [-0.05, 0) is 22.0 Å². The number of amides is 2. The van der Waals surface area contributed by atoms with Crippen LogP contribution < -0.4 is 4.90 Å². The zero-order chi connectivity index (χ0) is 15.2. The Hall–Kier alpha value is -1.15. The smallest absolute Gasteiger partial charge is 0.274 e. The molecule has 1 aromatic heterocycles. The largest absolute Gasteiger partial charge is 0.417 e. The van der Waals surface area contributed by atoms with Crippen LogP contribution in [0.4, 0.5) is 19.0 Å². The first-order valence-electron chi connectivity index (χ1n) is 5.40. The predicted molar refractivity (Wildman–Crippen MR) is 68.2 cm³/mol. The molecule has 108 valence electrons. The SMILES string of the molecule is CC1C(=O)N(c2nccc(C(F)(F)F)c2Br)C(=O)C1Cl. The molecule has 4 nitrogen and oxygen atoms in total. The molecule has 9 heteroatoms. The topological polar surface area (TPSA) is 50.3 Å². The van der Waals surface area contributed by atoms with Crippen LogP contribution in [0, 0.1) is 5.92 Å². The summed E-state index contributed by atoms with van der Waals surface area (Å²) in [5, 5.41) is -1.11. The highest BCUT2D eigenvalue weighted by Gasteiger charge is 2.47. The Morgan fingerprint density at radius 3 is 2.40 bits per heavy atom. The zero-order valence-corrected chi connectivity index (χ0v) is 12.3. The van der Waals surface area contributed by atoms with Crippen molar-refractivity contribution in [3.05, 3.63) is 22.3 Å². The second-order valence-electron chi connectivity index (χ2n) is 4.20. The number of pyridine rings is 1. The molecule has 1 fully saturated rings. The van der Waals surface area contributed by atoms with Crippen molar-refractivity contribution >= 4 is 45.2 Å². The Bertz CT molecular complexity index is 574. The summed E-state index contributed by atoms with van der Waals surface area (Å²) >= 11 is 8.51. The van der Waals surface area contributed by atoms with Crippen LogP contribution in [0.25, 0.3) is 0 Å². The number of hydrogen-bond acceptors (Lipinski definition) is 3. The molecule has 0 bridgehead atoms. The molecule has 20 heavy (non-hydrogen) atoms. The van der Waals surface area contributed by atoms with Crippen LogP contribution in [-0.2, 0) is 15.8 Å². The highest BCUT2D eigenvalue weighted by Crippen LogP contribution is 2.40. The average Bonchev–Trinajstić information content (AvgIpc) is 2.54. The molecule has 1 saturated heterocycles. The fourth-order valence-corrected chi connectivity index (χ4v) is 2.63. The van der Waals surface area contributed by atoms with Crippen molar-refractivity contribution < 1.29 is 22.8 Å². The number of halogens is 5. The fourth-order valence-electron chi connectivity index (χ4n) is 1.79. The van der Waals surface area contributed by atoms with Gasteiger partial charge >= 0.3 is 6.18 Å². The Balaban J connectivity index is 2.55. The standard InChI is InChI=1S/C11H7BrClF3N2O2/c1-4-7(13)10(20)18(9(4)19)8-6(12)5(2-3-17-8)11(14,15)16/h2-4,7H,1H3. The minimum Gasteiger partial charge on any atom is -0.274 e. The van der Waals surface area contributed by atoms with Crippen LogP contribution in [0.2, 0.25) is 0 Å². The summed E-state index contributed by atoms with van der Waals surface area (Å²) in [5.41, 5.74) is -1.02. The van der Waals surface area contributed by atoms with Crippen molar-refractivity contribution in [2.75, 3.05) is 4.90 Å². The number of carbonyl (C=O) groups is 2. The number of hydrogen-bond donors (Lipinski definition) is 0. The lowest BCUT2D eigenvalue weighted by Crippen LogP contribution is -2.32. The first-order chi connectivity index (χ1) is 9.16. The third kappa shape index (κ3) is 2.31. The van der Waals surface area contributed by atoms with Crippen LogP contribution in [0.3, 0.4) is 0 Å². The molecule has 0 radical (unpaired) electrons. The summed E-state index contributed by atoms with van der Waals surface area (Å²) in [7, 11) is 0. The van der Waals surface area contributed by atoms with E-state index in [0.717, 1.165) is 12.3 Å². The second-order valence-corrected chi connectivity index (χ2v) is 5.46. The highest BCUT2D eigenvalue weighted by atomic mass is 79.9. The van der Waals surface area contributed by atoms with Crippen LogP contribution >= 0.6 is 27.5 Å². The van der Waals surface area contributed by atoms with Crippen molar-refractivity contribution in [1.29, 1.82) is 0 Å². The highest BCUT2D eigenvalue weighted by molar-refractivity contribution is 9.10. The van der Waals surface area contributed by atoms with E-state index < -0.39 is 45.1 Å². The molecule has 1 aliphatic heterocycles. The van der Waals surface area contributed by atoms with E-state index in [-0.39, 0.29) is 0 Å². The number of rotatable bonds is 1. The summed E-state index contributed by atoms with van der Waals surface area (Å²) in [6.07, 6.45) is -3.75. The maximum absolute atomic E-state index is 12.8. The molecule has 2 unspecified atom stereocenters. The number of anilines is 1. The zero-order valence-electron chi connectivity index (χ0n) is 9.91. The number of nitrogens with zero attached hydrogens (tertiary/aromatic N) is 2. The van der Waals surface area contributed by atoms with Crippen LogP contribution in [0.5, 0.6) is 0 Å². The van der Waals surface area contributed by atoms with Crippen molar-refractivity contribution in [2.45, 2.75) is 18.5 Å². The molecule has 0 saturated carbocycles. The molecule has 2 atom stereocenters. The van der Waals surface area contributed by atoms with E-state index in [1.54, 1.807) is 0 Å². The Morgan fingerprint density at radius 2 is 1.95 bits per heavy atom. The lowest BCUT2D eigenvalue weighted by Gasteiger charge is -2.17. The summed E-state index contributed by atoms with van der Waals surface area (Å²) in [6.45, 7) is 1.43. The van der Waals surface area contributed by atoms with Crippen molar-refractivity contribution in [2.24, 2.45) is 5.92 Å². The average molecular weight is 372 g/mol. The maximum Gasteiger partial charge on any atom is 0.417 e. The van der Waals surface area contributed by atoms with Gasteiger partial charge < -0.3 is 0 Å². The normalized spacial score (nSPS) is 23.6. The van der Waals surface area contributed by atoms with Crippen LogP contribution in [0.15, 0.2) is 16.7 Å². The number of alkyl halides is 4. The Kier molecular flexibility index (Phi) is 3.81. The van der Waals surface area contributed by atoms with E-state index in [1.807, 2.05) is 0 Å². The Labute approximate surface area is 125 Å². The van der Waals surface area contributed by atoms with E-state index in [2.05, 4.69) is 20.9 Å². The Morgan fingerprint density at radius 1 is 1.35 bits per heavy atom. The number of carbonyl (C=O) groups excluding carboxylic acids is 2. The van der Waals surface area contributed by atoms with Gasteiger partial charge in [-0.15, -0.1) is 11.6 Å². The van der Waals surface area contributed by atoms with E-state index >= 15 is 0 Å². The fraction of sp³-hybridized carbons (Fsp3) is 0.364. The third-order valence-electron chi connectivity index (χ3n) is 2.89. The van der Waals surface area contributed by atoms with Crippen molar-refractivity contribution in [1.82, 2.24) is 4.98 Å². The van der Waals surface area contributed by atoms with Gasteiger partial charge in [-0.1, -0.05) is 6.92 Å². The van der Waals surface area contributed by atoms with Crippen LogP contribution in [-0.4, -0.2) is 22.2 Å². The monoisotopic (exact) mass is 370 g/mol. The quantitative estimate of drug-likeness (QED) is 0.563. The molecule has 2 rings (SSSR count). The molecule has 1 aromatic rings. The first-order valence-corrected chi connectivity index (χ1v) is 6.62. The van der Waals surface area contributed by atoms with Gasteiger partial charge in [0.2, 0.25) is 5.91 Å². The molecule has 2 heterocycles. The lowest BCUT2D eigenvalue weighted by molar-refractivity contribution is -0.138. The van der Waals surface area contributed by atoms with E-state index in [9.17, 15) is 22.8 Å². The second kappa shape index (κ2) is 5.00. The molecule has 2 amide bonds. The molecule has 0 spiro atoms.